The first kappa shape index (κ1) is 16.9. The van der Waals surface area contributed by atoms with Gasteiger partial charge in [-0.2, -0.15) is 5.10 Å². The third-order valence-corrected chi connectivity index (χ3v) is 4.48. The number of carbonyl (C=O) groups is 1. The third kappa shape index (κ3) is 2.95. The van der Waals surface area contributed by atoms with Crippen molar-refractivity contribution in [1.82, 2.24) is 24.4 Å². The fourth-order valence-electron chi connectivity index (χ4n) is 3.21. The predicted molar refractivity (Wildman–Crippen MR) is 99.6 cm³/mol. The molecule has 0 aliphatic rings. The second-order valence-corrected chi connectivity index (χ2v) is 6.31. The second-order valence-electron chi connectivity index (χ2n) is 6.31. The first-order valence-corrected chi connectivity index (χ1v) is 8.58. The lowest BCUT2D eigenvalue weighted by molar-refractivity contribution is -0.137. The average Bonchev–Trinajstić information content (AvgIpc) is 3.00. The summed E-state index contributed by atoms with van der Waals surface area (Å²) >= 11 is 0. The molecule has 8 heteroatoms. The number of aromatic nitrogens is 5. The molecule has 4 rings (SSSR count). The van der Waals surface area contributed by atoms with Crippen molar-refractivity contribution in [1.29, 1.82) is 0 Å². The Bertz CT molecular complexity index is 1210. The van der Waals surface area contributed by atoms with E-state index in [0.29, 0.717) is 24.1 Å². The van der Waals surface area contributed by atoms with E-state index in [1.165, 1.54) is 4.57 Å². The topological polar surface area (TPSA) is 102 Å². The number of fused-ring (bicyclic) bond motifs is 3. The Morgan fingerprint density at radius 2 is 1.93 bits per heavy atom. The molecule has 1 aromatic carbocycles. The summed E-state index contributed by atoms with van der Waals surface area (Å²) in [6.07, 6.45) is 2.02. The van der Waals surface area contributed by atoms with Crippen LogP contribution in [0.4, 0.5) is 0 Å². The van der Waals surface area contributed by atoms with Crippen molar-refractivity contribution in [2.75, 3.05) is 0 Å². The van der Waals surface area contributed by atoms with Gasteiger partial charge in [-0.25, -0.2) is 4.52 Å². The van der Waals surface area contributed by atoms with Crippen molar-refractivity contribution in [2.45, 2.75) is 26.3 Å². The number of pyridine rings is 1. The summed E-state index contributed by atoms with van der Waals surface area (Å²) < 4.78 is 3.10. The molecule has 0 aliphatic heterocycles. The number of carboxylic acid groups (broad SMARTS) is 1. The molecule has 0 atom stereocenters. The van der Waals surface area contributed by atoms with Crippen LogP contribution in [0.3, 0.4) is 0 Å². The number of benzene rings is 1. The summed E-state index contributed by atoms with van der Waals surface area (Å²) in [7, 11) is 0. The van der Waals surface area contributed by atoms with Gasteiger partial charge in [0.25, 0.3) is 5.56 Å². The minimum Gasteiger partial charge on any atom is -0.481 e. The Hall–Kier alpha value is -3.55. The molecule has 8 nitrogen and oxygen atoms in total. The maximum absolute atomic E-state index is 12.7. The van der Waals surface area contributed by atoms with Gasteiger partial charge >= 0.3 is 5.97 Å². The van der Waals surface area contributed by atoms with Gasteiger partial charge in [0.15, 0.2) is 11.2 Å². The molecule has 27 heavy (non-hydrogen) atoms. The van der Waals surface area contributed by atoms with Crippen LogP contribution in [0, 0.1) is 6.92 Å². The molecule has 0 saturated carbocycles. The van der Waals surface area contributed by atoms with Crippen LogP contribution in [0.1, 0.15) is 18.5 Å². The Morgan fingerprint density at radius 3 is 2.67 bits per heavy atom. The molecule has 0 aliphatic carbocycles. The Kier molecular flexibility index (Phi) is 4.15. The Morgan fingerprint density at radius 1 is 1.15 bits per heavy atom. The van der Waals surface area contributed by atoms with Gasteiger partial charge in [0.2, 0.25) is 0 Å². The van der Waals surface area contributed by atoms with Crippen molar-refractivity contribution >= 4 is 22.6 Å². The molecule has 0 radical (unpaired) electrons. The summed E-state index contributed by atoms with van der Waals surface area (Å²) in [5.41, 5.74) is 3.74. The lowest BCUT2D eigenvalue weighted by Crippen LogP contribution is -2.22. The largest absolute Gasteiger partial charge is 0.481 e. The number of nitrogens with zero attached hydrogens (tertiary/aromatic N) is 5. The van der Waals surface area contributed by atoms with Crippen molar-refractivity contribution < 1.29 is 9.90 Å². The van der Waals surface area contributed by atoms with Gasteiger partial charge in [-0.1, -0.05) is 30.3 Å². The predicted octanol–water partition coefficient (Wildman–Crippen LogP) is 2.28. The summed E-state index contributed by atoms with van der Waals surface area (Å²) in [5.74, 6) is -0.884. The maximum atomic E-state index is 12.7. The molecular weight excluding hydrogens is 346 g/mol. The molecular formula is C19H17N5O3. The summed E-state index contributed by atoms with van der Waals surface area (Å²) in [6.45, 7) is 2.21. The Balaban J connectivity index is 1.84. The van der Waals surface area contributed by atoms with Crippen molar-refractivity contribution in [3.63, 3.8) is 0 Å². The van der Waals surface area contributed by atoms with E-state index in [2.05, 4.69) is 15.3 Å². The zero-order chi connectivity index (χ0) is 19.0. The lowest BCUT2D eigenvalue weighted by atomic mass is 10.1. The highest BCUT2D eigenvalue weighted by Crippen LogP contribution is 2.27. The number of hydrogen-bond acceptors (Lipinski definition) is 5. The molecule has 3 heterocycles. The fourth-order valence-corrected chi connectivity index (χ4v) is 3.21. The summed E-state index contributed by atoms with van der Waals surface area (Å²) in [5, 5.41) is 21.7. The SMILES string of the molecule is Cc1nn2c(nnc3c(=O)n(CCCC(=O)O)ccc32)c1-c1ccccc1. The van der Waals surface area contributed by atoms with Gasteiger partial charge in [-0.3, -0.25) is 9.59 Å². The molecule has 0 spiro atoms. The monoisotopic (exact) mass is 363 g/mol. The van der Waals surface area contributed by atoms with E-state index in [0.717, 1.165) is 16.8 Å². The van der Waals surface area contributed by atoms with Crippen LogP contribution in [0.5, 0.6) is 0 Å². The van der Waals surface area contributed by atoms with E-state index in [9.17, 15) is 9.59 Å². The van der Waals surface area contributed by atoms with Crippen molar-refractivity contribution in [3.8, 4) is 11.1 Å². The molecule has 0 amide bonds. The average molecular weight is 363 g/mol. The normalized spacial score (nSPS) is 11.3. The minimum atomic E-state index is -0.884. The molecule has 4 aromatic rings. The smallest absolute Gasteiger partial charge is 0.303 e. The van der Waals surface area contributed by atoms with Crippen LogP contribution in [-0.2, 0) is 11.3 Å². The van der Waals surface area contributed by atoms with Gasteiger partial charge in [0.1, 0.15) is 5.52 Å². The maximum Gasteiger partial charge on any atom is 0.303 e. The van der Waals surface area contributed by atoms with Gasteiger partial charge in [-0.15, -0.1) is 10.2 Å². The molecule has 0 saturated heterocycles. The van der Waals surface area contributed by atoms with E-state index in [1.807, 2.05) is 37.3 Å². The minimum absolute atomic E-state index is 0.00791. The fraction of sp³-hybridized carbons (Fsp3) is 0.211. The van der Waals surface area contributed by atoms with E-state index in [4.69, 9.17) is 5.11 Å². The molecule has 1 N–H and O–H groups in total. The van der Waals surface area contributed by atoms with Crippen molar-refractivity contribution in [3.05, 3.63) is 58.6 Å². The lowest BCUT2D eigenvalue weighted by Gasteiger charge is -2.06. The van der Waals surface area contributed by atoms with Gasteiger partial charge in [0, 0.05) is 19.2 Å². The molecule has 3 aromatic heterocycles. The standard InChI is InChI=1S/C19H17N5O3/c1-12-16(13-6-3-2-4-7-13)18-21-20-17-14(24(18)22-12)9-11-23(19(17)27)10-5-8-15(25)26/h2-4,6-7,9,11H,5,8,10H2,1H3,(H,25,26). The second kappa shape index (κ2) is 6.64. The number of aryl methyl sites for hydroxylation is 2. The molecule has 0 fully saturated rings. The highest BCUT2D eigenvalue weighted by atomic mass is 16.4. The third-order valence-electron chi connectivity index (χ3n) is 4.48. The van der Waals surface area contributed by atoms with Gasteiger partial charge in [-0.05, 0) is 25.0 Å². The molecule has 0 unspecified atom stereocenters. The Labute approximate surface area is 153 Å². The number of aliphatic carboxylic acids is 1. The summed E-state index contributed by atoms with van der Waals surface area (Å²) in [6, 6.07) is 11.6. The van der Waals surface area contributed by atoms with Crippen LogP contribution in [0.2, 0.25) is 0 Å². The molecule has 0 bridgehead atoms. The van der Waals surface area contributed by atoms with E-state index in [-0.39, 0.29) is 17.5 Å². The van der Waals surface area contributed by atoms with Crippen LogP contribution in [-0.4, -0.2) is 35.5 Å². The van der Waals surface area contributed by atoms with Crippen LogP contribution in [0.15, 0.2) is 47.4 Å². The zero-order valence-corrected chi connectivity index (χ0v) is 14.7. The van der Waals surface area contributed by atoms with E-state index < -0.39 is 5.97 Å². The van der Waals surface area contributed by atoms with Crippen LogP contribution < -0.4 is 5.56 Å². The zero-order valence-electron chi connectivity index (χ0n) is 14.7. The van der Waals surface area contributed by atoms with Crippen molar-refractivity contribution in [2.24, 2.45) is 0 Å². The summed E-state index contributed by atoms with van der Waals surface area (Å²) in [4.78, 5) is 23.3. The number of carboxylic acids is 1. The molecule has 136 valence electrons. The van der Waals surface area contributed by atoms with Crippen LogP contribution >= 0.6 is 0 Å². The van der Waals surface area contributed by atoms with Crippen LogP contribution in [0.25, 0.3) is 27.8 Å². The van der Waals surface area contributed by atoms with Gasteiger partial charge < -0.3 is 9.67 Å². The number of hydrogen-bond donors (Lipinski definition) is 1. The highest BCUT2D eigenvalue weighted by molar-refractivity contribution is 5.84. The first-order chi connectivity index (χ1) is 13.1. The van der Waals surface area contributed by atoms with E-state index in [1.54, 1.807) is 16.8 Å². The first-order valence-electron chi connectivity index (χ1n) is 8.58. The quantitative estimate of drug-likeness (QED) is 0.584. The van der Waals surface area contributed by atoms with Gasteiger partial charge in [0.05, 0.1) is 11.3 Å². The van der Waals surface area contributed by atoms with E-state index >= 15 is 0 Å². The highest BCUT2D eigenvalue weighted by Gasteiger charge is 2.17. The number of rotatable bonds is 5.